The van der Waals surface area contributed by atoms with E-state index in [1.165, 1.54) is 0 Å². The number of ether oxygens (including phenoxy) is 1. The minimum atomic E-state index is 0.0551. The van der Waals surface area contributed by atoms with Crippen molar-refractivity contribution in [1.82, 2.24) is 4.90 Å². The summed E-state index contributed by atoms with van der Waals surface area (Å²) in [5.74, 6) is 0. The number of thiophene rings is 1. The number of fused-ring (bicyclic) bond motifs is 2. The molecule has 98 valence electrons. The number of anilines is 1. The Hall–Kier alpha value is -1.07. The minimum absolute atomic E-state index is 0.0551. The molecule has 2 atom stereocenters. The highest BCUT2D eigenvalue weighted by molar-refractivity contribution is 7.14. The average Bonchev–Trinajstić information content (AvgIpc) is 2.95. The van der Waals surface area contributed by atoms with Gasteiger partial charge in [0.05, 0.1) is 11.1 Å². The summed E-state index contributed by atoms with van der Waals surface area (Å²) in [6.07, 6.45) is 4.51. The lowest BCUT2D eigenvalue weighted by Gasteiger charge is -2.38. The fourth-order valence-corrected chi connectivity index (χ4v) is 3.78. The number of nitrogens with one attached hydrogen (secondary N) is 1. The highest BCUT2D eigenvalue weighted by Crippen LogP contribution is 2.37. The lowest BCUT2D eigenvalue weighted by Crippen LogP contribution is -2.50. The Morgan fingerprint density at radius 1 is 1.44 bits per heavy atom. The molecule has 0 aliphatic carbocycles. The van der Waals surface area contributed by atoms with Crippen molar-refractivity contribution in [3.05, 3.63) is 17.5 Å². The van der Waals surface area contributed by atoms with E-state index in [1.807, 2.05) is 22.4 Å². The summed E-state index contributed by atoms with van der Waals surface area (Å²) in [6.45, 7) is 0. The van der Waals surface area contributed by atoms with Crippen LogP contribution in [0.4, 0.5) is 9.80 Å². The van der Waals surface area contributed by atoms with Crippen molar-refractivity contribution >= 4 is 22.4 Å². The number of amides is 2. The van der Waals surface area contributed by atoms with E-state index in [-0.39, 0.29) is 6.03 Å². The molecule has 4 nitrogen and oxygen atoms in total. The minimum Gasteiger partial charge on any atom is -0.381 e. The molecule has 2 aliphatic rings. The Morgan fingerprint density at radius 2 is 2.17 bits per heavy atom. The molecule has 0 radical (unpaired) electrons. The van der Waals surface area contributed by atoms with E-state index < -0.39 is 0 Å². The first-order chi connectivity index (χ1) is 8.78. The van der Waals surface area contributed by atoms with E-state index in [0.29, 0.717) is 18.2 Å². The third-order valence-corrected chi connectivity index (χ3v) is 4.79. The number of nitrogens with zero attached hydrogens (tertiary/aromatic N) is 1. The lowest BCUT2D eigenvalue weighted by atomic mass is 10.0. The van der Waals surface area contributed by atoms with Gasteiger partial charge in [0, 0.05) is 19.2 Å². The molecule has 1 aromatic rings. The number of hydrogen-bond acceptors (Lipinski definition) is 3. The van der Waals surface area contributed by atoms with Crippen molar-refractivity contribution in [2.24, 2.45) is 0 Å². The predicted molar refractivity (Wildman–Crippen MR) is 72.0 cm³/mol. The predicted octanol–water partition coefficient (Wildman–Crippen LogP) is 2.92. The van der Waals surface area contributed by atoms with Gasteiger partial charge in [-0.2, -0.15) is 0 Å². The van der Waals surface area contributed by atoms with E-state index in [1.54, 1.807) is 18.4 Å². The van der Waals surface area contributed by atoms with E-state index in [0.717, 1.165) is 30.7 Å². The summed E-state index contributed by atoms with van der Waals surface area (Å²) in [4.78, 5) is 14.3. The molecule has 2 amide bonds. The Balaban J connectivity index is 1.68. The molecule has 2 unspecified atom stereocenters. The smallest absolute Gasteiger partial charge is 0.322 e. The SMILES string of the molecule is COC1CC2CCC(C1)N2C(=O)Nc1cccs1. The molecule has 0 spiro atoms. The number of carbonyl (C=O) groups excluding carboxylic acids is 1. The van der Waals surface area contributed by atoms with Gasteiger partial charge in [-0.25, -0.2) is 4.79 Å². The van der Waals surface area contributed by atoms with Crippen LogP contribution in [0, 0.1) is 0 Å². The highest BCUT2D eigenvalue weighted by Gasteiger charge is 2.43. The molecule has 1 aromatic heterocycles. The van der Waals surface area contributed by atoms with Crippen molar-refractivity contribution < 1.29 is 9.53 Å². The molecule has 2 bridgehead atoms. The molecule has 18 heavy (non-hydrogen) atoms. The maximum Gasteiger partial charge on any atom is 0.322 e. The Morgan fingerprint density at radius 3 is 2.72 bits per heavy atom. The standard InChI is InChI=1S/C13H18N2O2S/c1-17-11-7-9-4-5-10(8-11)15(9)13(16)14-12-3-2-6-18-12/h2-3,6,9-11H,4-5,7-8H2,1H3,(H,14,16). The van der Waals surface area contributed by atoms with Gasteiger partial charge in [0.2, 0.25) is 0 Å². The van der Waals surface area contributed by atoms with Crippen molar-refractivity contribution in [3.8, 4) is 0 Å². The van der Waals surface area contributed by atoms with Crippen LogP contribution in [0.1, 0.15) is 25.7 Å². The van der Waals surface area contributed by atoms with Gasteiger partial charge in [0.1, 0.15) is 0 Å². The number of rotatable bonds is 2. The highest BCUT2D eigenvalue weighted by atomic mass is 32.1. The summed E-state index contributed by atoms with van der Waals surface area (Å²) in [7, 11) is 1.77. The first-order valence-electron chi connectivity index (χ1n) is 6.43. The van der Waals surface area contributed by atoms with Crippen molar-refractivity contribution in [3.63, 3.8) is 0 Å². The average molecular weight is 266 g/mol. The monoisotopic (exact) mass is 266 g/mol. The van der Waals surface area contributed by atoms with Gasteiger partial charge >= 0.3 is 6.03 Å². The van der Waals surface area contributed by atoms with Gasteiger partial charge in [0.15, 0.2) is 0 Å². The first kappa shape index (κ1) is 12.0. The number of methoxy groups -OCH3 is 1. The normalized spacial score (nSPS) is 30.5. The number of carbonyl (C=O) groups is 1. The van der Waals surface area contributed by atoms with Crippen molar-refractivity contribution in [2.75, 3.05) is 12.4 Å². The summed E-state index contributed by atoms with van der Waals surface area (Å²) >= 11 is 1.56. The molecule has 2 aliphatic heterocycles. The van der Waals surface area contributed by atoms with Crippen LogP contribution < -0.4 is 5.32 Å². The van der Waals surface area contributed by atoms with Crippen LogP contribution in [0.2, 0.25) is 0 Å². The van der Waals surface area contributed by atoms with E-state index in [9.17, 15) is 4.79 Å². The molecular formula is C13H18N2O2S. The van der Waals surface area contributed by atoms with Gasteiger partial charge in [-0.1, -0.05) is 0 Å². The zero-order valence-corrected chi connectivity index (χ0v) is 11.3. The molecule has 3 rings (SSSR count). The molecule has 3 heterocycles. The molecule has 1 N–H and O–H groups in total. The fraction of sp³-hybridized carbons (Fsp3) is 0.615. The third-order valence-electron chi connectivity index (χ3n) is 4.01. The van der Waals surface area contributed by atoms with E-state index >= 15 is 0 Å². The van der Waals surface area contributed by atoms with Crippen LogP contribution in [-0.2, 0) is 4.74 Å². The maximum atomic E-state index is 12.3. The number of piperidine rings is 1. The number of urea groups is 1. The Kier molecular flexibility index (Phi) is 3.26. The zero-order valence-electron chi connectivity index (χ0n) is 10.5. The van der Waals surface area contributed by atoms with Gasteiger partial charge in [0.25, 0.3) is 0 Å². The van der Waals surface area contributed by atoms with Gasteiger partial charge < -0.3 is 9.64 Å². The summed E-state index contributed by atoms with van der Waals surface area (Å²) < 4.78 is 5.45. The molecule has 0 saturated carbocycles. The van der Waals surface area contributed by atoms with E-state index in [2.05, 4.69) is 5.32 Å². The first-order valence-corrected chi connectivity index (χ1v) is 7.31. The Bertz CT molecular complexity index is 407. The van der Waals surface area contributed by atoms with Crippen molar-refractivity contribution in [1.29, 1.82) is 0 Å². The fourth-order valence-electron chi connectivity index (χ4n) is 3.17. The van der Waals surface area contributed by atoms with Crippen LogP contribution in [0.3, 0.4) is 0 Å². The molecular weight excluding hydrogens is 248 g/mol. The molecule has 2 fully saturated rings. The van der Waals surface area contributed by atoms with Crippen LogP contribution in [-0.4, -0.2) is 36.2 Å². The van der Waals surface area contributed by atoms with Gasteiger partial charge in [-0.15, -0.1) is 11.3 Å². The quantitative estimate of drug-likeness (QED) is 0.894. The van der Waals surface area contributed by atoms with Crippen LogP contribution in [0.15, 0.2) is 17.5 Å². The molecule has 0 aromatic carbocycles. The third kappa shape index (κ3) is 2.12. The van der Waals surface area contributed by atoms with Gasteiger partial charge in [-0.05, 0) is 43.2 Å². The topological polar surface area (TPSA) is 41.6 Å². The maximum absolute atomic E-state index is 12.3. The second-order valence-electron chi connectivity index (χ2n) is 5.03. The van der Waals surface area contributed by atoms with Crippen LogP contribution in [0.5, 0.6) is 0 Å². The Labute approximate surface area is 111 Å². The second-order valence-corrected chi connectivity index (χ2v) is 5.98. The van der Waals surface area contributed by atoms with Crippen LogP contribution in [0.25, 0.3) is 0 Å². The van der Waals surface area contributed by atoms with E-state index in [4.69, 9.17) is 4.74 Å². The lowest BCUT2D eigenvalue weighted by molar-refractivity contribution is 0.0232. The molecule has 2 saturated heterocycles. The largest absolute Gasteiger partial charge is 0.381 e. The zero-order chi connectivity index (χ0) is 12.5. The summed E-state index contributed by atoms with van der Waals surface area (Å²) in [5, 5.41) is 5.89. The summed E-state index contributed by atoms with van der Waals surface area (Å²) in [6, 6.07) is 4.65. The van der Waals surface area contributed by atoms with Crippen molar-refractivity contribution in [2.45, 2.75) is 43.9 Å². The molecule has 5 heteroatoms. The second kappa shape index (κ2) is 4.90. The van der Waals surface area contributed by atoms with Crippen LogP contribution >= 0.6 is 11.3 Å². The van der Waals surface area contributed by atoms with Gasteiger partial charge in [-0.3, -0.25) is 5.32 Å². The number of hydrogen-bond donors (Lipinski definition) is 1. The summed E-state index contributed by atoms with van der Waals surface area (Å²) in [5.41, 5.74) is 0.